The van der Waals surface area contributed by atoms with E-state index >= 15 is 0 Å². The van der Waals surface area contributed by atoms with Crippen LogP contribution in [0.15, 0.2) is 43.0 Å². The van der Waals surface area contributed by atoms with Gasteiger partial charge in [-0.3, -0.25) is 0 Å². The Balaban J connectivity index is 2.50. The predicted octanol–water partition coefficient (Wildman–Crippen LogP) is 1.62. The third kappa shape index (κ3) is 2.54. The van der Waals surface area contributed by atoms with Crippen molar-refractivity contribution in [2.24, 2.45) is 0 Å². The van der Waals surface area contributed by atoms with E-state index in [2.05, 4.69) is 36.9 Å². The lowest BCUT2D eigenvalue weighted by Crippen LogP contribution is -2.11. The summed E-state index contributed by atoms with van der Waals surface area (Å²) in [6, 6.07) is 10.7. The molecule has 0 radical (unpaired) electrons. The molecule has 0 N–H and O–H groups in total. The van der Waals surface area contributed by atoms with Gasteiger partial charge >= 0.3 is 20.4 Å². The van der Waals surface area contributed by atoms with Gasteiger partial charge in [0, 0.05) is 0 Å². The average molecular weight is 142 g/mol. The monoisotopic (exact) mass is 142 g/mol. The van der Waals surface area contributed by atoms with Crippen LogP contribution in [0, 0.1) is 0 Å². The summed E-state index contributed by atoms with van der Waals surface area (Å²) >= 11 is -0.0295. The fourth-order valence-electron chi connectivity index (χ4n) is 0.913. The van der Waals surface area contributed by atoms with Gasteiger partial charge in [0.2, 0.25) is 0 Å². The molecule has 1 rings (SSSR count). The standard InChI is InChI=1S/C6H5.C3H5.Mg/c1-2-4-6-5-3-1;1-3-2;/h1-5H;3H,1-2H2;. The highest BCUT2D eigenvalue weighted by atomic mass is 24.5. The topological polar surface area (TPSA) is 0 Å². The van der Waals surface area contributed by atoms with Gasteiger partial charge in [-0.05, 0) is 0 Å². The van der Waals surface area contributed by atoms with Crippen LogP contribution in [0.25, 0.3) is 0 Å². The zero-order chi connectivity index (χ0) is 7.23. The van der Waals surface area contributed by atoms with Crippen LogP contribution in [-0.2, 0) is 0 Å². The van der Waals surface area contributed by atoms with Crippen molar-refractivity contribution >= 4 is 24.1 Å². The second kappa shape index (κ2) is 4.53. The molecule has 0 bridgehead atoms. The first-order valence-electron chi connectivity index (χ1n) is 3.58. The summed E-state index contributed by atoms with van der Waals surface area (Å²) in [6.45, 7) is 3.71. The largest absolute Gasteiger partial charge is 0.413 e. The highest BCUT2D eigenvalue weighted by Crippen LogP contribution is 1.84. The Labute approximate surface area is 71.7 Å². The molecule has 0 fully saturated rings. The van der Waals surface area contributed by atoms with Crippen molar-refractivity contribution in [2.45, 2.75) is 4.55 Å². The van der Waals surface area contributed by atoms with Crippen molar-refractivity contribution < 1.29 is 0 Å². The molecule has 0 aliphatic carbocycles. The second-order valence-electron chi connectivity index (χ2n) is 2.31. The van der Waals surface area contributed by atoms with Crippen LogP contribution in [0.1, 0.15) is 0 Å². The molecule has 48 valence electrons. The van der Waals surface area contributed by atoms with Gasteiger partial charge in [-0.25, -0.2) is 0 Å². The van der Waals surface area contributed by atoms with E-state index in [1.807, 2.05) is 6.08 Å². The van der Waals surface area contributed by atoms with Crippen molar-refractivity contribution in [2.75, 3.05) is 0 Å². The lowest BCUT2D eigenvalue weighted by atomic mass is 10.4. The number of rotatable bonds is 3. The molecule has 0 amide bonds. The van der Waals surface area contributed by atoms with Gasteiger partial charge in [-0.1, -0.05) is 30.3 Å². The van der Waals surface area contributed by atoms with Gasteiger partial charge in [-0.15, -0.1) is 17.2 Å². The molecule has 0 atom stereocenters. The minimum Gasteiger partial charge on any atom is -0.173 e. The molecule has 0 aromatic heterocycles. The fourth-order valence-corrected chi connectivity index (χ4v) is 2.06. The Morgan fingerprint density at radius 2 is 2.00 bits per heavy atom. The summed E-state index contributed by atoms with van der Waals surface area (Å²) in [4.78, 5) is 0. The molecule has 0 saturated heterocycles. The number of allylic oxidation sites excluding steroid dienone is 1. The van der Waals surface area contributed by atoms with Crippen molar-refractivity contribution in [3.8, 4) is 0 Å². The van der Waals surface area contributed by atoms with E-state index in [0.29, 0.717) is 0 Å². The molecule has 0 aliphatic heterocycles. The lowest BCUT2D eigenvalue weighted by molar-refractivity contribution is 1.69. The summed E-state index contributed by atoms with van der Waals surface area (Å²) in [7, 11) is 0. The van der Waals surface area contributed by atoms with E-state index in [4.69, 9.17) is 0 Å². The van der Waals surface area contributed by atoms with E-state index < -0.39 is 0 Å². The maximum atomic E-state index is 3.71. The molecule has 10 heavy (non-hydrogen) atoms. The van der Waals surface area contributed by atoms with Crippen LogP contribution in [0.3, 0.4) is 0 Å². The molecular weight excluding hydrogens is 132 g/mol. The molecule has 1 aromatic rings. The van der Waals surface area contributed by atoms with Crippen molar-refractivity contribution in [1.29, 1.82) is 0 Å². The smallest absolute Gasteiger partial charge is 0.173 e. The summed E-state index contributed by atoms with van der Waals surface area (Å²) in [5.41, 5.74) is 0. The summed E-state index contributed by atoms with van der Waals surface area (Å²) in [6.07, 6.45) is 2.01. The van der Waals surface area contributed by atoms with Crippen LogP contribution in [-0.4, -0.2) is 20.4 Å². The second-order valence-corrected chi connectivity index (χ2v) is 4.21. The molecular formula is C9H10Mg. The van der Waals surface area contributed by atoms with Gasteiger partial charge in [0.1, 0.15) is 0 Å². The zero-order valence-electron chi connectivity index (χ0n) is 6.09. The molecule has 0 heterocycles. The predicted molar refractivity (Wildman–Crippen MR) is 46.8 cm³/mol. The number of hydrogen-bond acceptors (Lipinski definition) is 0. The molecule has 0 saturated carbocycles. The van der Waals surface area contributed by atoms with Crippen LogP contribution >= 0.6 is 0 Å². The van der Waals surface area contributed by atoms with Crippen LogP contribution in [0.4, 0.5) is 0 Å². The van der Waals surface area contributed by atoms with Crippen molar-refractivity contribution in [3.63, 3.8) is 0 Å². The van der Waals surface area contributed by atoms with E-state index in [1.165, 1.54) is 8.24 Å². The van der Waals surface area contributed by atoms with E-state index in [0.717, 1.165) is 0 Å². The Morgan fingerprint density at radius 1 is 1.30 bits per heavy atom. The van der Waals surface area contributed by atoms with Crippen LogP contribution < -0.4 is 3.69 Å². The summed E-state index contributed by atoms with van der Waals surface area (Å²) in [5.74, 6) is 0. The normalized spacial score (nSPS) is 8.40. The van der Waals surface area contributed by atoms with Gasteiger partial charge < -0.3 is 0 Å². The summed E-state index contributed by atoms with van der Waals surface area (Å²) in [5, 5.41) is 0. The maximum Gasteiger partial charge on any atom is 0.413 e. The molecule has 1 aromatic carbocycles. The Kier molecular flexibility index (Phi) is 3.54. The van der Waals surface area contributed by atoms with Crippen LogP contribution in [0.2, 0.25) is 4.55 Å². The minimum absolute atomic E-state index is 0.0295. The first kappa shape index (κ1) is 7.83. The van der Waals surface area contributed by atoms with E-state index in [9.17, 15) is 0 Å². The van der Waals surface area contributed by atoms with Crippen molar-refractivity contribution in [1.82, 2.24) is 0 Å². The quantitative estimate of drug-likeness (QED) is 0.444. The third-order valence-electron chi connectivity index (χ3n) is 1.48. The molecule has 0 nitrogen and oxygen atoms in total. The molecule has 0 aliphatic rings. The molecule has 0 unspecified atom stereocenters. The average Bonchev–Trinajstić information content (AvgIpc) is 2.03. The zero-order valence-corrected chi connectivity index (χ0v) is 7.50. The number of benzene rings is 1. The highest BCUT2D eigenvalue weighted by molar-refractivity contribution is 6.53. The first-order valence-corrected chi connectivity index (χ1v) is 5.29. The lowest BCUT2D eigenvalue weighted by Gasteiger charge is -1.92. The van der Waals surface area contributed by atoms with E-state index in [1.54, 1.807) is 0 Å². The van der Waals surface area contributed by atoms with Crippen molar-refractivity contribution in [3.05, 3.63) is 43.0 Å². The summed E-state index contributed by atoms with van der Waals surface area (Å²) < 4.78 is 2.74. The maximum absolute atomic E-state index is 3.71. The van der Waals surface area contributed by atoms with Gasteiger partial charge in [0.25, 0.3) is 0 Å². The molecule has 0 spiro atoms. The highest BCUT2D eigenvalue weighted by Gasteiger charge is 1.92. The number of hydrogen-bond donors (Lipinski definition) is 0. The Bertz CT molecular complexity index is 191. The van der Waals surface area contributed by atoms with Gasteiger partial charge in [0.15, 0.2) is 0 Å². The van der Waals surface area contributed by atoms with Crippen LogP contribution in [0.5, 0.6) is 0 Å². The van der Waals surface area contributed by atoms with E-state index in [-0.39, 0.29) is 20.4 Å². The van der Waals surface area contributed by atoms with Gasteiger partial charge in [-0.2, -0.15) is 3.69 Å². The first-order chi connectivity index (χ1) is 4.93. The Hall–Kier alpha value is -0.274. The minimum atomic E-state index is -0.0295. The van der Waals surface area contributed by atoms with Gasteiger partial charge in [0.05, 0.1) is 0 Å². The third-order valence-corrected chi connectivity index (χ3v) is 3.23. The fraction of sp³-hybridized carbons (Fsp3) is 0.111. The SMILES string of the molecule is C=C[CH2][Mg][c]1ccccc1. The Morgan fingerprint density at radius 3 is 2.60 bits per heavy atom. The molecule has 1 heteroatoms.